The van der Waals surface area contributed by atoms with E-state index in [-0.39, 0.29) is 0 Å². The van der Waals surface area contributed by atoms with Crippen LogP contribution in [-0.4, -0.2) is 0 Å². The highest BCUT2D eigenvalue weighted by molar-refractivity contribution is 5.29. The zero-order valence-electron chi connectivity index (χ0n) is 8.13. The third kappa shape index (κ3) is 1.93. The van der Waals surface area contributed by atoms with Crippen molar-refractivity contribution >= 4 is 0 Å². The van der Waals surface area contributed by atoms with E-state index in [1.54, 1.807) is 11.1 Å². The number of hydrogen-bond donors (Lipinski definition) is 0. The number of hydrogen-bond acceptors (Lipinski definition) is 0. The van der Waals surface area contributed by atoms with Crippen molar-refractivity contribution in [2.45, 2.75) is 32.1 Å². The van der Waals surface area contributed by atoms with Crippen LogP contribution in [0.1, 0.15) is 30.4 Å². The Morgan fingerprint density at radius 1 is 1.23 bits per heavy atom. The van der Waals surface area contributed by atoms with E-state index >= 15 is 0 Å². The molecule has 0 saturated heterocycles. The first-order chi connectivity index (χ1) is 6.40. The van der Waals surface area contributed by atoms with Crippen molar-refractivity contribution in [1.29, 1.82) is 0 Å². The molecule has 0 aliphatic heterocycles. The van der Waals surface area contributed by atoms with Gasteiger partial charge in [-0.25, -0.2) is 0 Å². The lowest BCUT2D eigenvalue weighted by Crippen LogP contribution is -2.13. The Bertz CT molecular complexity index is 275. The lowest BCUT2D eigenvalue weighted by Gasteiger charge is -2.23. The molecule has 1 unspecified atom stereocenters. The van der Waals surface area contributed by atoms with E-state index in [0.717, 1.165) is 12.3 Å². The summed E-state index contributed by atoms with van der Waals surface area (Å²) < 4.78 is 0. The van der Waals surface area contributed by atoms with E-state index in [1.165, 1.54) is 25.7 Å². The van der Waals surface area contributed by atoms with Crippen molar-refractivity contribution in [2.75, 3.05) is 0 Å². The van der Waals surface area contributed by atoms with Crippen LogP contribution >= 0.6 is 0 Å². The maximum atomic E-state index is 3.94. The summed E-state index contributed by atoms with van der Waals surface area (Å²) in [5, 5.41) is 0. The molecule has 0 heteroatoms. The van der Waals surface area contributed by atoms with Gasteiger partial charge < -0.3 is 0 Å². The average Bonchev–Trinajstić information content (AvgIpc) is 2.18. The van der Waals surface area contributed by atoms with Crippen LogP contribution in [0.3, 0.4) is 0 Å². The van der Waals surface area contributed by atoms with Gasteiger partial charge in [0.15, 0.2) is 0 Å². The fourth-order valence-corrected chi connectivity index (χ4v) is 2.31. The Labute approximate surface area is 81.0 Å². The highest BCUT2D eigenvalue weighted by Gasteiger charge is 2.16. The van der Waals surface area contributed by atoms with Crippen LogP contribution in [0.15, 0.2) is 24.3 Å². The predicted molar refractivity (Wildman–Crippen MR) is 56.5 cm³/mol. The molecule has 0 N–H and O–H groups in total. The average molecular weight is 173 g/mol. The number of fused-ring (bicyclic) bond motifs is 1. The van der Waals surface area contributed by atoms with Crippen LogP contribution in [0.4, 0.5) is 0 Å². The van der Waals surface area contributed by atoms with E-state index in [2.05, 4.69) is 31.2 Å². The first-order valence-corrected chi connectivity index (χ1v) is 5.26. The molecule has 69 valence electrons. The summed E-state index contributed by atoms with van der Waals surface area (Å²) >= 11 is 0. The quantitative estimate of drug-likeness (QED) is 0.643. The summed E-state index contributed by atoms with van der Waals surface area (Å²) in [6.07, 6.45) is 6.32. The van der Waals surface area contributed by atoms with Gasteiger partial charge >= 0.3 is 0 Å². The molecule has 1 aromatic carbocycles. The lowest BCUT2D eigenvalue weighted by atomic mass is 9.82. The molecule has 1 radical (unpaired) electrons. The minimum absolute atomic E-state index is 0.896. The maximum absolute atomic E-state index is 3.94. The van der Waals surface area contributed by atoms with Gasteiger partial charge in [0.05, 0.1) is 0 Å². The first-order valence-electron chi connectivity index (χ1n) is 5.26. The summed E-state index contributed by atoms with van der Waals surface area (Å²) in [6.45, 7) is 3.94. The fourth-order valence-electron chi connectivity index (χ4n) is 2.31. The van der Waals surface area contributed by atoms with Crippen molar-refractivity contribution in [3.05, 3.63) is 42.3 Å². The number of rotatable bonds is 2. The van der Waals surface area contributed by atoms with Gasteiger partial charge in [-0.1, -0.05) is 44.0 Å². The van der Waals surface area contributed by atoms with E-state index in [4.69, 9.17) is 0 Å². The van der Waals surface area contributed by atoms with Crippen LogP contribution < -0.4 is 0 Å². The molecule has 13 heavy (non-hydrogen) atoms. The van der Waals surface area contributed by atoms with Crippen LogP contribution in [0.25, 0.3) is 0 Å². The van der Waals surface area contributed by atoms with Crippen LogP contribution in [0.5, 0.6) is 0 Å². The second-order valence-corrected chi connectivity index (χ2v) is 4.02. The maximum Gasteiger partial charge on any atom is -0.0248 e. The van der Waals surface area contributed by atoms with Crippen LogP contribution in [0.2, 0.25) is 0 Å². The highest BCUT2D eigenvalue weighted by atomic mass is 14.2. The summed E-state index contributed by atoms with van der Waals surface area (Å²) in [5.41, 5.74) is 3.15. The smallest absolute Gasteiger partial charge is 0.0248 e. The third-order valence-corrected chi connectivity index (χ3v) is 3.06. The monoisotopic (exact) mass is 173 g/mol. The molecule has 0 spiro atoms. The molecular weight excluding hydrogens is 156 g/mol. The molecular formula is C13H17. The second kappa shape index (κ2) is 3.95. The molecule has 0 bridgehead atoms. The molecule has 1 aliphatic carbocycles. The molecule has 0 saturated carbocycles. The molecule has 0 nitrogen and oxygen atoms in total. The van der Waals surface area contributed by atoms with E-state index in [0.29, 0.717) is 0 Å². The predicted octanol–water partition coefficient (Wildman–Crippen LogP) is 3.41. The van der Waals surface area contributed by atoms with Gasteiger partial charge in [-0.3, -0.25) is 0 Å². The van der Waals surface area contributed by atoms with E-state index in [1.807, 2.05) is 0 Å². The van der Waals surface area contributed by atoms with Crippen molar-refractivity contribution in [1.82, 2.24) is 0 Å². The summed E-state index contributed by atoms with van der Waals surface area (Å²) in [7, 11) is 0. The highest BCUT2D eigenvalue weighted by Crippen LogP contribution is 2.27. The van der Waals surface area contributed by atoms with E-state index < -0.39 is 0 Å². The van der Waals surface area contributed by atoms with Crippen LogP contribution in [0, 0.1) is 12.8 Å². The molecule has 0 aromatic heterocycles. The zero-order valence-corrected chi connectivity index (χ0v) is 8.13. The van der Waals surface area contributed by atoms with E-state index in [9.17, 15) is 0 Å². The van der Waals surface area contributed by atoms with Gasteiger partial charge in [-0.05, 0) is 36.3 Å². The Balaban J connectivity index is 2.11. The van der Waals surface area contributed by atoms with Crippen molar-refractivity contribution in [3.63, 3.8) is 0 Å². The van der Waals surface area contributed by atoms with Gasteiger partial charge in [-0.2, -0.15) is 0 Å². The van der Waals surface area contributed by atoms with Crippen molar-refractivity contribution in [2.24, 2.45) is 5.92 Å². The van der Waals surface area contributed by atoms with Gasteiger partial charge in [0.25, 0.3) is 0 Å². The van der Waals surface area contributed by atoms with Crippen molar-refractivity contribution < 1.29 is 0 Å². The zero-order chi connectivity index (χ0) is 9.10. The van der Waals surface area contributed by atoms with Gasteiger partial charge in [0.1, 0.15) is 0 Å². The minimum atomic E-state index is 0.896. The van der Waals surface area contributed by atoms with Gasteiger partial charge in [-0.15, -0.1) is 0 Å². The van der Waals surface area contributed by atoms with Gasteiger partial charge in [0.2, 0.25) is 0 Å². The van der Waals surface area contributed by atoms with Crippen LogP contribution in [-0.2, 0) is 12.8 Å². The Hall–Kier alpha value is -0.780. The molecule has 0 fully saturated rings. The molecule has 2 rings (SSSR count). The molecule has 0 amide bonds. The summed E-state index contributed by atoms with van der Waals surface area (Å²) in [5.74, 6) is 0.896. The SMILES string of the molecule is [CH2]CCC1CCc2ccccc2C1. The Morgan fingerprint density at radius 2 is 2.00 bits per heavy atom. The van der Waals surface area contributed by atoms with Crippen molar-refractivity contribution in [3.8, 4) is 0 Å². The normalized spacial score (nSPS) is 21.2. The standard InChI is InChI=1S/C13H17/c1-2-5-11-8-9-12-6-3-4-7-13(12)10-11/h3-4,6-7,11H,1-2,5,8-10H2. The van der Waals surface area contributed by atoms with Gasteiger partial charge in [0, 0.05) is 0 Å². The molecule has 1 aromatic rings. The second-order valence-electron chi connectivity index (χ2n) is 4.02. The summed E-state index contributed by atoms with van der Waals surface area (Å²) in [6, 6.07) is 8.87. The Kier molecular flexibility index (Phi) is 2.68. The first kappa shape index (κ1) is 8.80. The molecule has 1 aliphatic rings. The lowest BCUT2D eigenvalue weighted by molar-refractivity contribution is 0.430. The number of aryl methyl sites for hydroxylation is 1. The topological polar surface area (TPSA) is 0 Å². The third-order valence-electron chi connectivity index (χ3n) is 3.06. The minimum Gasteiger partial charge on any atom is -0.0620 e. The molecule has 1 atom stereocenters. The summed E-state index contributed by atoms with van der Waals surface area (Å²) in [4.78, 5) is 0. The number of benzene rings is 1. The fraction of sp³-hybridized carbons (Fsp3) is 0.462. The Morgan fingerprint density at radius 3 is 2.77 bits per heavy atom. The largest absolute Gasteiger partial charge is 0.0620 e. The molecule has 0 heterocycles.